The van der Waals surface area contributed by atoms with Gasteiger partial charge in [0.1, 0.15) is 12.0 Å². The van der Waals surface area contributed by atoms with Crippen LogP contribution in [0.5, 0.6) is 5.75 Å². The second-order valence-electron chi connectivity index (χ2n) is 7.07. The van der Waals surface area contributed by atoms with Crippen LogP contribution in [0.2, 0.25) is 0 Å². The lowest BCUT2D eigenvalue weighted by Gasteiger charge is -2.26. The fourth-order valence-electron chi connectivity index (χ4n) is 3.14. The minimum atomic E-state index is 0. The van der Waals surface area contributed by atoms with Gasteiger partial charge < -0.3 is 24.7 Å². The molecule has 1 aromatic heterocycles. The molecule has 3 aromatic rings. The third-order valence-electron chi connectivity index (χ3n) is 4.80. The van der Waals surface area contributed by atoms with Crippen molar-refractivity contribution in [1.82, 2.24) is 20.5 Å². The van der Waals surface area contributed by atoms with Crippen molar-refractivity contribution < 1.29 is 9.15 Å². The quantitative estimate of drug-likeness (QED) is 0.259. The van der Waals surface area contributed by atoms with Gasteiger partial charge in [-0.25, -0.2) is 4.98 Å². The van der Waals surface area contributed by atoms with E-state index in [1.807, 2.05) is 42.5 Å². The molecule has 166 valence electrons. The van der Waals surface area contributed by atoms with Crippen molar-refractivity contribution in [3.8, 4) is 17.2 Å². The number of benzene rings is 2. The van der Waals surface area contributed by atoms with E-state index in [1.54, 1.807) is 20.4 Å². The molecule has 0 amide bonds. The highest BCUT2D eigenvalue weighted by Crippen LogP contribution is 2.22. The van der Waals surface area contributed by atoms with Gasteiger partial charge in [0.25, 0.3) is 0 Å². The van der Waals surface area contributed by atoms with Gasteiger partial charge in [0.15, 0.2) is 5.96 Å². The van der Waals surface area contributed by atoms with Crippen molar-refractivity contribution in [2.75, 3.05) is 34.8 Å². The van der Waals surface area contributed by atoms with Gasteiger partial charge in [0.05, 0.1) is 25.4 Å². The van der Waals surface area contributed by atoms with E-state index in [2.05, 4.69) is 51.7 Å². The summed E-state index contributed by atoms with van der Waals surface area (Å²) in [4.78, 5) is 11.0. The van der Waals surface area contributed by atoms with Gasteiger partial charge >= 0.3 is 0 Å². The van der Waals surface area contributed by atoms with Crippen LogP contribution in [0.25, 0.3) is 11.5 Å². The number of likely N-dealkylation sites (N-methyl/N-ethyl adjacent to an activating group) is 1. The number of hydrogen-bond donors (Lipinski definition) is 2. The first-order chi connectivity index (χ1) is 14.6. The molecule has 0 fully saturated rings. The maximum absolute atomic E-state index is 5.60. The normalized spacial score (nSPS) is 12.2. The molecule has 0 saturated heterocycles. The van der Waals surface area contributed by atoms with Crippen LogP contribution in [0.15, 0.2) is 70.3 Å². The SMILES string of the molecule is CN=C(NCc1coc(-c2ccccc2)n1)NCC(c1cccc(OC)c1)N(C)C.I. The molecule has 0 radical (unpaired) electrons. The summed E-state index contributed by atoms with van der Waals surface area (Å²) in [6, 6.07) is 18.1. The summed E-state index contributed by atoms with van der Waals surface area (Å²) in [5, 5.41) is 6.69. The van der Waals surface area contributed by atoms with Crippen molar-refractivity contribution in [2.45, 2.75) is 12.6 Å². The largest absolute Gasteiger partial charge is 0.497 e. The molecular formula is C23H30IN5O2. The third kappa shape index (κ3) is 6.96. The van der Waals surface area contributed by atoms with Crippen molar-refractivity contribution in [2.24, 2.45) is 4.99 Å². The zero-order valence-corrected chi connectivity index (χ0v) is 20.7. The Balaban J connectivity index is 0.00000341. The van der Waals surface area contributed by atoms with Gasteiger partial charge in [-0.05, 0) is 43.9 Å². The molecule has 2 N–H and O–H groups in total. The summed E-state index contributed by atoms with van der Waals surface area (Å²) in [7, 11) is 7.55. The lowest BCUT2D eigenvalue weighted by atomic mass is 10.1. The first-order valence-electron chi connectivity index (χ1n) is 9.85. The maximum atomic E-state index is 5.60. The second-order valence-corrected chi connectivity index (χ2v) is 7.07. The Morgan fingerprint density at radius 1 is 1.13 bits per heavy atom. The molecule has 0 saturated carbocycles. The number of nitrogens with zero attached hydrogens (tertiary/aromatic N) is 3. The molecule has 1 unspecified atom stereocenters. The molecule has 7 nitrogen and oxygen atoms in total. The molecule has 2 aromatic carbocycles. The fraction of sp³-hybridized carbons (Fsp3) is 0.304. The first-order valence-corrected chi connectivity index (χ1v) is 9.85. The van der Waals surface area contributed by atoms with Crippen LogP contribution < -0.4 is 15.4 Å². The first kappa shape index (κ1) is 24.7. The molecular weight excluding hydrogens is 505 g/mol. The number of methoxy groups -OCH3 is 1. The van der Waals surface area contributed by atoms with Gasteiger partial charge in [0, 0.05) is 19.2 Å². The number of halogens is 1. The van der Waals surface area contributed by atoms with E-state index < -0.39 is 0 Å². The average molecular weight is 535 g/mol. The molecule has 8 heteroatoms. The summed E-state index contributed by atoms with van der Waals surface area (Å²) in [5.74, 6) is 2.16. The topological polar surface area (TPSA) is 74.9 Å². The summed E-state index contributed by atoms with van der Waals surface area (Å²) >= 11 is 0. The Labute approximate surface area is 200 Å². The Morgan fingerprint density at radius 2 is 1.90 bits per heavy atom. The maximum Gasteiger partial charge on any atom is 0.226 e. The predicted molar refractivity (Wildman–Crippen MR) is 135 cm³/mol. The second kappa shape index (κ2) is 12.3. The van der Waals surface area contributed by atoms with Crippen LogP contribution in [-0.2, 0) is 6.54 Å². The number of ether oxygens (including phenoxy) is 1. The monoisotopic (exact) mass is 535 g/mol. The van der Waals surface area contributed by atoms with Crippen molar-refractivity contribution in [1.29, 1.82) is 0 Å². The van der Waals surface area contributed by atoms with Gasteiger partial charge in [-0.15, -0.1) is 24.0 Å². The van der Waals surface area contributed by atoms with Crippen LogP contribution >= 0.6 is 24.0 Å². The highest BCUT2D eigenvalue weighted by atomic mass is 127. The van der Waals surface area contributed by atoms with Gasteiger partial charge in [-0.3, -0.25) is 4.99 Å². The van der Waals surface area contributed by atoms with E-state index in [1.165, 1.54) is 5.56 Å². The predicted octanol–water partition coefficient (Wildman–Crippen LogP) is 3.94. The number of nitrogens with one attached hydrogen (secondary N) is 2. The van der Waals surface area contributed by atoms with E-state index in [0.717, 1.165) is 17.0 Å². The molecule has 1 atom stereocenters. The highest BCUT2D eigenvalue weighted by molar-refractivity contribution is 14.0. The fourth-order valence-corrected chi connectivity index (χ4v) is 3.14. The Kier molecular flexibility index (Phi) is 9.80. The van der Waals surface area contributed by atoms with Crippen LogP contribution in [0.4, 0.5) is 0 Å². The van der Waals surface area contributed by atoms with Gasteiger partial charge in [0.2, 0.25) is 5.89 Å². The number of aromatic nitrogens is 1. The highest BCUT2D eigenvalue weighted by Gasteiger charge is 2.15. The summed E-state index contributed by atoms with van der Waals surface area (Å²) in [6.45, 7) is 1.20. The third-order valence-corrected chi connectivity index (χ3v) is 4.80. The van der Waals surface area contributed by atoms with Crippen LogP contribution in [0.3, 0.4) is 0 Å². The van der Waals surface area contributed by atoms with E-state index in [-0.39, 0.29) is 30.0 Å². The van der Waals surface area contributed by atoms with E-state index in [0.29, 0.717) is 24.9 Å². The summed E-state index contributed by atoms with van der Waals surface area (Å²) in [5.41, 5.74) is 2.94. The lowest BCUT2D eigenvalue weighted by Crippen LogP contribution is -2.41. The number of rotatable bonds is 8. The molecule has 0 aliphatic heterocycles. The minimum Gasteiger partial charge on any atom is -0.497 e. The van der Waals surface area contributed by atoms with E-state index in [4.69, 9.17) is 9.15 Å². The Hall–Kier alpha value is -2.59. The number of guanidine groups is 1. The van der Waals surface area contributed by atoms with E-state index >= 15 is 0 Å². The number of hydrogen-bond acceptors (Lipinski definition) is 5. The van der Waals surface area contributed by atoms with Crippen LogP contribution in [-0.4, -0.2) is 50.6 Å². The van der Waals surface area contributed by atoms with Gasteiger partial charge in [-0.2, -0.15) is 0 Å². The van der Waals surface area contributed by atoms with Crippen LogP contribution in [0, 0.1) is 0 Å². The molecule has 0 aliphatic rings. The standard InChI is InChI=1S/C23H29N5O2.HI/c1-24-23(25-14-19-16-30-22(27-19)17-9-6-5-7-10-17)26-15-21(28(2)3)18-11-8-12-20(13-18)29-4;/h5-13,16,21H,14-15H2,1-4H3,(H2,24,25,26);1H. The van der Waals surface area contributed by atoms with Crippen LogP contribution in [0.1, 0.15) is 17.3 Å². The summed E-state index contributed by atoms with van der Waals surface area (Å²) in [6.07, 6.45) is 1.67. The van der Waals surface area contributed by atoms with Gasteiger partial charge in [-0.1, -0.05) is 30.3 Å². The van der Waals surface area contributed by atoms with Crippen molar-refractivity contribution in [3.63, 3.8) is 0 Å². The Bertz CT molecular complexity index is 959. The zero-order chi connectivity index (χ0) is 21.3. The number of aliphatic imine (C=N–C) groups is 1. The number of oxazole rings is 1. The zero-order valence-electron chi connectivity index (χ0n) is 18.3. The minimum absolute atomic E-state index is 0. The van der Waals surface area contributed by atoms with Crippen molar-refractivity contribution in [3.05, 3.63) is 72.1 Å². The average Bonchev–Trinajstić information content (AvgIpc) is 3.25. The summed E-state index contributed by atoms with van der Waals surface area (Å²) < 4.78 is 11.0. The Morgan fingerprint density at radius 3 is 2.58 bits per heavy atom. The molecule has 3 rings (SSSR count). The molecule has 0 aliphatic carbocycles. The smallest absolute Gasteiger partial charge is 0.226 e. The molecule has 1 heterocycles. The molecule has 0 spiro atoms. The lowest BCUT2D eigenvalue weighted by molar-refractivity contribution is 0.297. The molecule has 31 heavy (non-hydrogen) atoms. The molecule has 0 bridgehead atoms. The van der Waals surface area contributed by atoms with E-state index in [9.17, 15) is 0 Å². The van der Waals surface area contributed by atoms with Crippen molar-refractivity contribution >= 4 is 29.9 Å².